The van der Waals surface area contributed by atoms with Crippen LogP contribution in [-0.2, 0) is 0 Å². The Morgan fingerprint density at radius 3 is 1.21 bits per heavy atom. The third-order valence-electron chi connectivity index (χ3n) is 6.22. The minimum absolute atomic E-state index is 0. The van der Waals surface area contributed by atoms with E-state index in [4.69, 9.17) is 27.2 Å². The summed E-state index contributed by atoms with van der Waals surface area (Å²) < 4.78 is 0. The molecule has 8 N–H and O–H groups in total. The molecule has 0 radical (unpaired) electrons. The van der Waals surface area contributed by atoms with E-state index >= 15 is 0 Å². The number of nitrogens with two attached hydrogens (primary N) is 3. The molecule has 276 valence electrons. The van der Waals surface area contributed by atoms with Crippen molar-refractivity contribution in [1.82, 2.24) is 0 Å². The SMILES string of the molecule is CC.CC(=O)c1cccc(N)c1.CC(=O)c1cccc(N)c1.Cc1cccc(N)c1.Cc1cccc([N+](=O)[O-])c1.O=[N+]([O-])c1cccc(B(O)O)c1.[H+].[HH]. The fourth-order valence-corrected chi connectivity index (χ4v) is 3.73. The molecule has 0 bridgehead atoms. The summed E-state index contributed by atoms with van der Waals surface area (Å²) in [4.78, 5) is 40.9. The van der Waals surface area contributed by atoms with Gasteiger partial charge in [-0.1, -0.05) is 74.5 Å². The van der Waals surface area contributed by atoms with Crippen molar-refractivity contribution in [3.05, 3.63) is 164 Å². The largest absolute Gasteiger partial charge is 1.00 e. The van der Waals surface area contributed by atoms with Crippen molar-refractivity contribution in [2.24, 2.45) is 0 Å². The van der Waals surface area contributed by atoms with Crippen molar-refractivity contribution < 1.29 is 32.3 Å². The van der Waals surface area contributed by atoms with E-state index in [2.05, 4.69) is 0 Å². The number of Topliss-reactive ketones (excluding diaryl/α,β-unsaturated/α-hetero) is 2. The molecule has 0 amide bonds. The lowest BCUT2D eigenvalue weighted by atomic mass is 9.80. The normalized spacial score (nSPS) is 9.08. The summed E-state index contributed by atoms with van der Waals surface area (Å²) in [7, 11) is -1.66. The minimum atomic E-state index is -1.66. The number of nitrogen functional groups attached to an aromatic ring is 3. The highest BCUT2D eigenvalue weighted by atomic mass is 16.6. The second-order valence-corrected chi connectivity index (χ2v) is 10.6. The maximum atomic E-state index is 10.7. The molecular formula is C38H49BN5O8+. The van der Waals surface area contributed by atoms with E-state index in [1.807, 2.05) is 58.0 Å². The van der Waals surface area contributed by atoms with E-state index < -0.39 is 17.0 Å². The molecule has 0 fully saturated rings. The van der Waals surface area contributed by atoms with E-state index in [0.717, 1.165) is 17.3 Å². The quantitative estimate of drug-likeness (QED) is 0.0405. The first-order valence-electron chi connectivity index (χ1n) is 15.9. The summed E-state index contributed by atoms with van der Waals surface area (Å²) in [6, 6.07) is 33.4. The van der Waals surface area contributed by atoms with Gasteiger partial charge in [-0.15, -0.1) is 0 Å². The average Bonchev–Trinajstić information content (AvgIpc) is 3.10. The molecule has 0 spiro atoms. The number of benzene rings is 5. The topological polar surface area (TPSA) is 239 Å². The molecule has 52 heavy (non-hydrogen) atoms. The number of ketones is 2. The van der Waals surface area contributed by atoms with Gasteiger partial charge < -0.3 is 27.2 Å². The molecule has 0 saturated heterocycles. The summed E-state index contributed by atoms with van der Waals surface area (Å²) in [5.74, 6) is 0.0969. The van der Waals surface area contributed by atoms with Crippen LogP contribution in [0.5, 0.6) is 0 Å². The van der Waals surface area contributed by atoms with Gasteiger partial charge in [0.2, 0.25) is 0 Å². The summed E-state index contributed by atoms with van der Waals surface area (Å²) >= 11 is 0. The number of non-ortho nitro benzene ring substituents is 2. The van der Waals surface area contributed by atoms with Gasteiger partial charge in [-0.2, -0.15) is 0 Å². The smallest absolute Gasteiger partial charge is 0.423 e. The van der Waals surface area contributed by atoms with Crippen molar-refractivity contribution in [3.8, 4) is 0 Å². The van der Waals surface area contributed by atoms with Gasteiger partial charge in [0.05, 0.1) is 9.85 Å². The summed E-state index contributed by atoms with van der Waals surface area (Å²) in [5.41, 5.74) is 22.0. The number of nitro groups is 2. The van der Waals surface area contributed by atoms with Crippen LogP contribution >= 0.6 is 0 Å². The Bertz CT molecular complexity index is 1750. The van der Waals surface area contributed by atoms with Crippen LogP contribution in [0.4, 0.5) is 28.4 Å². The second kappa shape index (κ2) is 24.7. The first kappa shape index (κ1) is 45.6. The van der Waals surface area contributed by atoms with Crippen LogP contribution in [0.2, 0.25) is 0 Å². The molecule has 5 rings (SSSR count). The molecule has 0 atom stereocenters. The van der Waals surface area contributed by atoms with Gasteiger partial charge in [-0.25, -0.2) is 0 Å². The Kier molecular flexibility index (Phi) is 21.7. The molecular weight excluding hydrogens is 665 g/mol. The molecule has 5 aromatic rings. The predicted molar refractivity (Wildman–Crippen MR) is 213 cm³/mol. The lowest BCUT2D eigenvalue weighted by Crippen LogP contribution is -2.29. The summed E-state index contributed by atoms with van der Waals surface area (Å²) in [6.07, 6.45) is 0. The molecule has 14 heteroatoms. The van der Waals surface area contributed by atoms with E-state index in [1.54, 1.807) is 60.7 Å². The van der Waals surface area contributed by atoms with Crippen molar-refractivity contribution >= 4 is 52.6 Å². The molecule has 5 aromatic carbocycles. The molecule has 0 saturated carbocycles. The number of hydrogen-bond acceptors (Lipinski definition) is 11. The highest BCUT2D eigenvalue weighted by molar-refractivity contribution is 6.58. The van der Waals surface area contributed by atoms with Gasteiger partial charge >= 0.3 is 8.55 Å². The summed E-state index contributed by atoms with van der Waals surface area (Å²) in [6.45, 7) is 10.9. The number of rotatable bonds is 5. The van der Waals surface area contributed by atoms with Crippen LogP contribution < -0.4 is 22.7 Å². The van der Waals surface area contributed by atoms with Crippen LogP contribution in [0.3, 0.4) is 0 Å². The highest BCUT2D eigenvalue weighted by Gasteiger charge is 2.14. The zero-order chi connectivity index (χ0) is 39.8. The number of nitro benzene ring substituents is 2. The van der Waals surface area contributed by atoms with E-state index in [0.29, 0.717) is 22.5 Å². The van der Waals surface area contributed by atoms with Crippen LogP contribution in [0, 0.1) is 34.1 Å². The lowest BCUT2D eigenvalue weighted by Gasteiger charge is -1.97. The molecule has 13 nitrogen and oxygen atoms in total. The first-order valence-corrected chi connectivity index (χ1v) is 15.9. The fraction of sp³-hybridized carbons (Fsp3) is 0.158. The Labute approximate surface area is 307 Å². The monoisotopic (exact) mass is 714 g/mol. The Hall–Kier alpha value is -6.38. The van der Waals surface area contributed by atoms with Gasteiger partial charge in [0, 0.05) is 53.9 Å². The molecule has 0 aliphatic carbocycles. The first-order chi connectivity index (χ1) is 24.5. The van der Waals surface area contributed by atoms with E-state index in [1.165, 1.54) is 43.7 Å². The van der Waals surface area contributed by atoms with Gasteiger partial charge in [0.1, 0.15) is 0 Å². The predicted octanol–water partition coefficient (Wildman–Crippen LogP) is 7.08. The Morgan fingerprint density at radius 2 is 0.942 bits per heavy atom. The Morgan fingerprint density at radius 1 is 0.596 bits per heavy atom. The van der Waals surface area contributed by atoms with Crippen molar-refractivity contribution in [3.63, 3.8) is 0 Å². The fourth-order valence-electron chi connectivity index (χ4n) is 3.73. The lowest BCUT2D eigenvalue weighted by molar-refractivity contribution is -0.385. The van der Waals surface area contributed by atoms with Gasteiger partial charge in [0.15, 0.2) is 11.6 Å². The molecule has 0 aliphatic heterocycles. The van der Waals surface area contributed by atoms with Crippen molar-refractivity contribution in [1.29, 1.82) is 0 Å². The molecule has 0 aromatic heterocycles. The van der Waals surface area contributed by atoms with Crippen LogP contribution in [-0.4, -0.2) is 38.6 Å². The number of carbonyl (C=O) groups is 2. The zero-order valence-corrected chi connectivity index (χ0v) is 30.1. The molecule has 0 heterocycles. The molecule has 0 aliphatic rings. The van der Waals surface area contributed by atoms with E-state index in [-0.39, 0.29) is 31.3 Å². The van der Waals surface area contributed by atoms with Crippen LogP contribution in [0.1, 0.15) is 62.4 Å². The number of anilines is 3. The maximum Gasteiger partial charge on any atom is 1.00 e. The van der Waals surface area contributed by atoms with Gasteiger partial charge in [-0.05, 0) is 80.7 Å². The maximum absolute atomic E-state index is 10.7. The standard InChI is InChI=1S/2C8H9NO.C7H7NO2.C7H9N.C6H6BNO4.C2H6.H2/c2*1-6(10)7-3-2-4-8(9)5-7;1-6-3-2-4-7(5-6)8(9)10;1-6-3-2-4-7(8)5-6;9-7(10)5-2-1-3-6(4-5)8(11)12;1-2;/h2*2-5H,9H2,1H3;2-5H,1H3;2-5H,8H2,1H3;1-4,9-10H;1-2H3;1H/p+1. The summed E-state index contributed by atoms with van der Waals surface area (Å²) in [5, 5.41) is 37.7. The Balaban J connectivity index is -0.000000592. The number of aryl methyl sites for hydroxylation is 2. The van der Waals surface area contributed by atoms with E-state index in [9.17, 15) is 29.8 Å². The average molecular weight is 715 g/mol. The van der Waals surface area contributed by atoms with Crippen molar-refractivity contribution in [2.45, 2.75) is 41.5 Å². The minimum Gasteiger partial charge on any atom is -0.423 e. The number of nitrogens with zero attached hydrogens (tertiary/aromatic N) is 2. The van der Waals surface area contributed by atoms with Gasteiger partial charge in [-0.3, -0.25) is 29.8 Å². The number of hydrogen-bond donors (Lipinski definition) is 5. The number of carbonyl (C=O) groups excluding carboxylic acids is 2. The zero-order valence-electron chi connectivity index (χ0n) is 31.1. The second-order valence-electron chi connectivity index (χ2n) is 10.6. The third kappa shape index (κ3) is 19.6. The molecule has 0 unspecified atom stereocenters. The van der Waals surface area contributed by atoms with Gasteiger partial charge in [0.25, 0.3) is 11.4 Å². The van der Waals surface area contributed by atoms with Crippen LogP contribution in [0.25, 0.3) is 0 Å². The highest BCUT2D eigenvalue weighted by Crippen LogP contribution is 2.11. The third-order valence-corrected chi connectivity index (χ3v) is 6.22. The van der Waals surface area contributed by atoms with Crippen molar-refractivity contribution in [2.75, 3.05) is 17.2 Å². The van der Waals surface area contributed by atoms with Crippen LogP contribution in [0.15, 0.2) is 121 Å².